The van der Waals surface area contributed by atoms with Crippen LogP contribution in [0.25, 0.3) is 41.8 Å². The zero-order chi connectivity index (χ0) is 31.3. The van der Waals surface area contributed by atoms with Crippen molar-refractivity contribution in [3.63, 3.8) is 0 Å². The minimum Gasteiger partial charge on any atom is -0.390 e. The summed E-state index contributed by atoms with van der Waals surface area (Å²) >= 11 is 0. The van der Waals surface area contributed by atoms with Crippen molar-refractivity contribution in [2.45, 2.75) is 80.7 Å². The number of aliphatic hydroxyl groups is 2. The van der Waals surface area contributed by atoms with E-state index in [4.69, 9.17) is 35.5 Å². The molecule has 10 atom stereocenters. The molecule has 1 saturated heterocycles. The van der Waals surface area contributed by atoms with Gasteiger partial charge in [0.25, 0.3) is 0 Å². The number of aliphatic hydroxyl groups excluding tert-OH is 2. The van der Waals surface area contributed by atoms with Gasteiger partial charge < -0.3 is 29.2 Å². The lowest BCUT2D eigenvalue weighted by Crippen LogP contribution is -2.63. The Balaban J connectivity index is 1.69. The van der Waals surface area contributed by atoms with Crippen LogP contribution in [0, 0.1) is 0 Å². The molecule has 0 aromatic heterocycles. The highest BCUT2D eigenvalue weighted by atomic mass is 16.7. The van der Waals surface area contributed by atoms with Crippen molar-refractivity contribution in [2.75, 3.05) is 6.54 Å². The zero-order valence-corrected chi connectivity index (χ0v) is 23.3. The fraction of sp³-hybridized carbons (Fsp3) is 0.538. The van der Waals surface area contributed by atoms with Gasteiger partial charge in [-0.2, -0.15) is 0 Å². The standard InChI is InChI=1S/C26H30N12O6/c27-35-31-12-19-24(41-13-15-7-3-1-4-8-15)25(42-14-16-9-5-2-6-10-16)20(34-38-30)26(43-19)44-23-18(33-37-29)11-17(32-36-28)21(39)22(23)40/h1-10,17-26,39-40H,11-14H2/t17-,18+,19-,20-,21+,22-,23-,24-,25-,26-/m1/s1. The second-order valence-electron chi connectivity index (χ2n) is 10.0. The molecule has 2 aliphatic rings. The Morgan fingerprint density at radius 2 is 1.27 bits per heavy atom. The topological polar surface area (TPSA) is 272 Å². The summed E-state index contributed by atoms with van der Waals surface area (Å²) in [5.74, 6) is 0. The SMILES string of the molecule is [N-]=[N+]=NC[C@H]1O[C@H](O[C@H]2[C@H](O)[C@@H](O)[C@H](N=[N+]=[N-])C[C@@H]2N=[N+]=[N-])[C@H](N=[N+]=[N-])[C@@H](OCc2ccccc2)[C@@H]1OCc1ccccc1. The molecule has 1 heterocycles. The number of hydrogen-bond acceptors (Lipinski definition) is 10. The first-order valence-corrected chi connectivity index (χ1v) is 13.6. The lowest BCUT2D eigenvalue weighted by atomic mass is 9.84. The van der Waals surface area contributed by atoms with E-state index in [9.17, 15) is 15.7 Å². The smallest absolute Gasteiger partial charge is 0.169 e. The second-order valence-corrected chi connectivity index (χ2v) is 10.0. The third-order valence-electron chi connectivity index (χ3n) is 7.33. The highest BCUT2D eigenvalue weighted by molar-refractivity contribution is 5.15. The first-order chi connectivity index (χ1) is 21.5. The first kappa shape index (κ1) is 32.4. The summed E-state index contributed by atoms with van der Waals surface area (Å²) in [4.78, 5) is 11.3. The van der Waals surface area contributed by atoms with E-state index in [0.29, 0.717) is 0 Å². The maximum Gasteiger partial charge on any atom is 0.169 e. The molecule has 2 fully saturated rings. The predicted octanol–water partition coefficient (Wildman–Crippen LogP) is 4.74. The molecule has 0 amide bonds. The van der Waals surface area contributed by atoms with E-state index in [1.807, 2.05) is 60.7 Å². The summed E-state index contributed by atoms with van der Waals surface area (Å²) < 4.78 is 24.8. The van der Waals surface area contributed by atoms with Gasteiger partial charge in [-0.1, -0.05) is 81.1 Å². The molecule has 4 rings (SSSR count). The van der Waals surface area contributed by atoms with Crippen molar-refractivity contribution in [2.24, 2.45) is 20.5 Å². The third-order valence-corrected chi connectivity index (χ3v) is 7.33. The number of azide groups is 4. The fourth-order valence-corrected chi connectivity index (χ4v) is 5.23. The van der Waals surface area contributed by atoms with E-state index >= 15 is 0 Å². The molecule has 2 aromatic carbocycles. The van der Waals surface area contributed by atoms with E-state index in [1.54, 1.807) is 0 Å². The van der Waals surface area contributed by atoms with E-state index in [2.05, 4.69) is 40.1 Å². The summed E-state index contributed by atoms with van der Waals surface area (Å²) in [6.07, 6.45) is -9.13. The average molecular weight is 607 g/mol. The van der Waals surface area contributed by atoms with Crippen LogP contribution in [-0.2, 0) is 32.2 Å². The van der Waals surface area contributed by atoms with Gasteiger partial charge in [-0.15, -0.1) is 0 Å². The molecule has 18 heteroatoms. The molecule has 2 N–H and O–H groups in total. The quantitative estimate of drug-likeness (QED) is 0.184. The molecule has 2 aromatic rings. The molecular weight excluding hydrogens is 576 g/mol. The predicted molar refractivity (Wildman–Crippen MR) is 153 cm³/mol. The highest BCUT2D eigenvalue weighted by Crippen LogP contribution is 2.35. The van der Waals surface area contributed by atoms with Gasteiger partial charge in [-0.3, -0.25) is 0 Å². The summed E-state index contributed by atoms with van der Waals surface area (Å²) in [7, 11) is 0. The monoisotopic (exact) mass is 606 g/mol. The van der Waals surface area contributed by atoms with Gasteiger partial charge >= 0.3 is 0 Å². The molecular formula is C26H30N12O6. The maximum atomic E-state index is 10.9. The van der Waals surface area contributed by atoms with Crippen LogP contribution in [0.4, 0.5) is 0 Å². The Labute approximate surface area is 250 Å². The minimum absolute atomic E-state index is 0.0784. The first-order valence-electron chi connectivity index (χ1n) is 13.6. The second kappa shape index (κ2) is 16.3. The molecule has 0 radical (unpaired) electrons. The molecule has 230 valence electrons. The third kappa shape index (κ3) is 8.08. The molecule has 1 aliphatic heterocycles. The van der Waals surface area contributed by atoms with Crippen LogP contribution in [0.15, 0.2) is 81.1 Å². The van der Waals surface area contributed by atoms with Gasteiger partial charge in [0.1, 0.15) is 24.4 Å². The van der Waals surface area contributed by atoms with Crippen molar-refractivity contribution in [1.29, 1.82) is 0 Å². The fourth-order valence-electron chi connectivity index (χ4n) is 5.23. The van der Waals surface area contributed by atoms with Gasteiger partial charge in [0.15, 0.2) is 6.29 Å². The molecule has 44 heavy (non-hydrogen) atoms. The van der Waals surface area contributed by atoms with Crippen molar-refractivity contribution < 1.29 is 29.2 Å². The number of ether oxygens (including phenoxy) is 4. The van der Waals surface area contributed by atoms with Crippen molar-refractivity contribution >= 4 is 0 Å². The Hall–Kier alpha value is -4.56. The summed E-state index contributed by atoms with van der Waals surface area (Å²) in [5.41, 5.74) is 38.3. The zero-order valence-electron chi connectivity index (χ0n) is 23.3. The highest BCUT2D eigenvalue weighted by Gasteiger charge is 2.51. The number of benzene rings is 2. The van der Waals surface area contributed by atoms with E-state index in [1.165, 1.54) is 0 Å². The number of nitrogens with zero attached hydrogens (tertiary/aromatic N) is 12. The normalized spacial score (nSPS) is 31.3. The lowest BCUT2D eigenvalue weighted by Gasteiger charge is -2.47. The van der Waals surface area contributed by atoms with Crippen LogP contribution < -0.4 is 0 Å². The van der Waals surface area contributed by atoms with Crippen LogP contribution in [0.2, 0.25) is 0 Å². The van der Waals surface area contributed by atoms with E-state index in [-0.39, 0.29) is 26.2 Å². The Morgan fingerprint density at radius 3 is 1.84 bits per heavy atom. The van der Waals surface area contributed by atoms with Gasteiger partial charge in [0.05, 0.1) is 50.2 Å². The molecule has 0 unspecified atom stereocenters. The van der Waals surface area contributed by atoms with Crippen molar-refractivity contribution in [3.8, 4) is 0 Å². The lowest BCUT2D eigenvalue weighted by molar-refractivity contribution is -0.300. The average Bonchev–Trinajstić information content (AvgIpc) is 3.04. The Bertz CT molecular complexity index is 1410. The minimum atomic E-state index is -1.68. The van der Waals surface area contributed by atoms with Crippen LogP contribution in [-0.4, -0.2) is 77.8 Å². The molecule has 0 spiro atoms. The van der Waals surface area contributed by atoms with Gasteiger partial charge in [0.2, 0.25) is 0 Å². The van der Waals surface area contributed by atoms with Crippen LogP contribution in [0.3, 0.4) is 0 Å². The van der Waals surface area contributed by atoms with Crippen molar-refractivity contribution in [3.05, 3.63) is 114 Å². The Kier molecular flexibility index (Phi) is 12.0. The summed E-state index contributed by atoms with van der Waals surface area (Å²) in [6.45, 7) is -0.0255. The van der Waals surface area contributed by atoms with Crippen LogP contribution in [0.5, 0.6) is 0 Å². The number of hydrogen-bond donors (Lipinski definition) is 2. The van der Waals surface area contributed by atoms with Gasteiger partial charge in [-0.25, -0.2) is 0 Å². The molecule has 1 saturated carbocycles. The maximum absolute atomic E-state index is 10.9. The van der Waals surface area contributed by atoms with Crippen LogP contribution in [0.1, 0.15) is 17.5 Å². The van der Waals surface area contributed by atoms with E-state index < -0.39 is 61.0 Å². The van der Waals surface area contributed by atoms with Crippen LogP contribution >= 0.6 is 0 Å². The van der Waals surface area contributed by atoms with Gasteiger partial charge in [0, 0.05) is 19.6 Å². The summed E-state index contributed by atoms with van der Waals surface area (Å²) in [5, 5.41) is 36.3. The molecule has 1 aliphatic carbocycles. The van der Waals surface area contributed by atoms with Crippen molar-refractivity contribution in [1.82, 2.24) is 0 Å². The molecule has 0 bridgehead atoms. The summed E-state index contributed by atoms with van der Waals surface area (Å²) in [6, 6.07) is 15.1. The molecule has 18 nitrogen and oxygen atoms in total. The van der Waals surface area contributed by atoms with Gasteiger partial charge in [-0.05, 0) is 39.7 Å². The Morgan fingerprint density at radius 1 is 0.705 bits per heavy atom. The largest absolute Gasteiger partial charge is 0.390 e. The van der Waals surface area contributed by atoms with E-state index in [0.717, 1.165) is 11.1 Å². The number of rotatable bonds is 13.